The molecule has 33 heavy (non-hydrogen) atoms. The van der Waals surface area contributed by atoms with Gasteiger partial charge in [0.25, 0.3) is 5.91 Å². The number of nitrogens with zero attached hydrogens (tertiary/aromatic N) is 2. The van der Waals surface area contributed by atoms with Gasteiger partial charge in [-0.25, -0.2) is 21.6 Å². The van der Waals surface area contributed by atoms with Gasteiger partial charge in [0.15, 0.2) is 0 Å². The summed E-state index contributed by atoms with van der Waals surface area (Å²) >= 11 is 0. The van der Waals surface area contributed by atoms with E-state index in [1.165, 1.54) is 22.5 Å². The van der Waals surface area contributed by atoms with Gasteiger partial charge in [-0.3, -0.25) is 9.69 Å². The fourth-order valence-corrected chi connectivity index (χ4v) is 6.23. The maximum atomic E-state index is 13.9. The zero-order valence-corrected chi connectivity index (χ0v) is 20.7. The van der Waals surface area contributed by atoms with Gasteiger partial charge in [0.05, 0.1) is 5.75 Å². The van der Waals surface area contributed by atoms with Crippen LogP contribution < -0.4 is 5.32 Å². The Morgan fingerprint density at radius 2 is 1.70 bits per heavy atom. The maximum Gasteiger partial charge on any atom is 0.251 e. The molecule has 1 saturated heterocycles. The number of hydrogen-bond donors (Lipinski definition) is 1. The Labute approximate surface area is 200 Å². The van der Waals surface area contributed by atoms with Crippen molar-refractivity contribution in [3.8, 4) is 0 Å². The van der Waals surface area contributed by atoms with E-state index in [0.717, 1.165) is 0 Å². The lowest BCUT2D eigenvalue weighted by atomic mass is 9.78. The molecule has 1 heterocycles. The van der Waals surface area contributed by atoms with Crippen LogP contribution in [0.15, 0.2) is 18.2 Å². The van der Waals surface area contributed by atoms with Crippen molar-refractivity contribution in [1.82, 2.24) is 14.5 Å². The lowest BCUT2D eigenvalue weighted by molar-refractivity contribution is -0.0856. The Morgan fingerprint density at radius 1 is 1.09 bits per heavy atom. The van der Waals surface area contributed by atoms with Gasteiger partial charge in [0, 0.05) is 56.7 Å². The first-order valence-electron chi connectivity index (χ1n) is 11.1. The molecule has 0 aromatic heterocycles. The van der Waals surface area contributed by atoms with E-state index in [4.69, 9.17) is 0 Å². The zero-order chi connectivity index (χ0) is 23.6. The number of sulfonamides is 1. The fourth-order valence-electron chi connectivity index (χ4n) is 4.74. The zero-order valence-electron chi connectivity index (χ0n) is 19.1. The van der Waals surface area contributed by atoms with Crippen LogP contribution in [-0.2, 0) is 10.0 Å². The molecule has 6 nitrogen and oxygen atoms in total. The molecule has 0 spiro atoms. The molecule has 0 unspecified atom stereocenters. The molecule has 1 aromatic carbocycles. The van der Waals surface area contributed by atoms with E-state index in [2.05, 4.69) is 10.2 Å². The number of piperazine rings is 1. The third-order valence-electron chi connectivity index (χ3n) is 6.69. The molecule has 11 heteroatoms. The lowest BCUT2D eigenvalue weighted by Gasteiger charge is -2.50. The number of rotatable bonds is 7. The summed E-state index contributed by atoms with van der Waals surface area (Å²) in [6.45, 7) is 5.12. The SMILES string of the molecule is CCCS(=O)(=O)N1CCN(C2(CNC(=O)c3ccc(F)cc3C)CCC(F)(F)CC2)CC1.Cl. The Bertz CT molecular complexity index is 928. The molecule has 1 amide bonds. The summed E-state index contributed by atoms with van der Waals surface area (Å²) in [7, 11) is -3.31. The smallest absolute Gasteiger partial charge is 0.251 e. The largest absolute Gasteiger partial charge is 0.350 e. The first-order valence-corrected chi connectivity index (χ1v) is 12.7. The number of hydrogen-bond acceptors (Lipinski definition) is 4. The second-order valence-electron chi connectivity index (χ2n) is 8.92. The summed E-state index contributed by atoms with van der Waals surface area (Å²) in [5.74, 6) is -3.44. The number of alkyl halides is 2. The highest BCUT2D eigenvalue weighted by Gasteiger charge is 2.47. The molecule has 2 aliphatic rings. The van der Waals surface area contributed by atoms with Crippen molar-refractivity contribution < 1.29 is 26.4 Å². The van der Waals surface area contributed by atoms with Gasteiger partial charge < -0.3 is 5.32 Å². The highest BCUT2D eigenvalue weighted by Crippen LogP contribution is 2.41. The normalized spacial score (nSPS) is 21.2. The minimum Gasteiger partial charge on any atom is -0.350 e. The molecule has 1 aliphatic carbocycles. The number of aryl methyl sites for hydroxylation is 1. The molecule has 3 rings (SSSR count). The van der Waals surface area contributed by atoms with Gasteiger partial charge in [0.1, 0.15) is 5.82 Å². The topological polar surface area (TPSA) is 69.7 Å². The molecular formula is C22H33ClF3N3O3S. The van der Waals surface area contributed by atoms with Crippen molar-refractivity contribution >= 4 is 28.3 Å². The van der Waals surface area contributed by atoms with Gasteiger partial charge in [0.2, 0.25) is 15.9 Å². The number of carbonyl (C=O) groups excluding carboxylic acids is 1. The third kappa shape index (κ3) is 6.61. The predicted octanol–water partition coefficient (Wildman–Crippen LogP) is 3.59. The Kier molecular flexibility index (Phi) is 9.23. The second kappa shape index (κ2) is 10.9. The van der Waals surface area contributed by atoms with Crippen LogP contribution in [0.3, 0.4) is 0 Å². The second-order valence-corrected chi connectivity index (χ2v) is 11.0. The van der Waals surface area contributed by atoms with Crippen LogP contribution >= 0.6 is 12.4 Å². The van der Waals surface area contributed by atoms with Gasteiger partial charge in [-0.15, -0.1) is 12.4 Å². The summed E-state index contributed by atoms with van der Waals surface area (Å²) < 4.78 is 67.5. The monoisotopic (exact) mass is 511 g/mol. The fraction of sp³-hybridized carbons (Fsp3) is 0.682. The number of nitrogens with one attached hydrogen (secondary N) is 1. The first kappa shape index (κ1) is 27.9. The molecule has 0 bridgehead atoms. The molecule has 1 N–H and O–H groups in total. The van der Waals surface area contributed by atoms with E-state index in [1.807, 2.05) is 6.92 Å². The quantitative estimate of drug-likeness (QED) is 0.607. The van der Waals surface area contributed by atoms with Gasteiger partial charge in [-0.2, -0.15) is 4.31 Å². The maximum absolute atomic E-state index is 13.9. The van der Waals surface area contributed by atoms with Crippen LogP contribution in [0.1, 0.15) is 54.9 Å². The molecule has 1 saturated carbocycles. The average molecular weight is 512 g/mol. The van der Waals surface area contributed by atoms with Gasteiger partial charge in [-0.1, -0.05) is 6.92 Å². The van der Waals surface area contributed by atoms with E-state index in [9.17, 15) is 26.4 Å². The summed E-state index contributed by atoms with van der Waals surface area (Å²) in [6, 6.07) is 3.91. The van der Waals surface area contributed by atoms with E-state index >= 15 is 0 Å². The Hall–Kier alpha value is -1.36. The van der Waals surface area contributed by atoms with Gasteiger partial charge >= 0.3 is 0 Å². The first-order chi connectivity index (χ1) is 15.0. The molecule has 188 valence electrons. The Balaban J connectivity index is 0.00000385. The van der Waals surface area contributed by atoms with Crippen molar-refractivity contribution in [2.75, 3.05) is 38.5 Å². The van der Waals surface area contributed by atoms with Crippen LogP contribution in [0.25, 0.3) is 0 Å². The highest BCUT2D eigenvalue weighted by atomic mass is 35.5. The van der Waals surface area contributed by atoms with Crippen LogP contribution in [0, 0.1) is 12.7 Å². The Morgan fingerprint density at radius 3 is 2.24 bits per heavy atom. The van der Waals surface area contributed by atoms with Crippen molar-refractivity contribution in [2.45, 2.75) is 57.4 Å². The molecule has 2 fully saturated rings. The molecule has 0 atom stereocenters. The summed E-state index contributed by atoms with van der Waals surface area (Å²) in [5, 5.41) is 2.88. The van der Waals surface area contributed by atoms with Gasteiger partial charge in [-0.05, 0) is 49.9 Å². The molecule has 1 aromatic rings. The molecular weight excluding hydrogens is 479 g/mol. The highest BCUT2D eigenvalue weighted by molar-refractivity contribution is 7.89. The van der Waals surface area contributed by atoms with E-state index in [-0.39, 0.29) is 56.3 Å². The van der Waals surface area contributed by atoms with E-state index in [0.29, 0.717) is 43.7 Å². The van der Waals surface area contributed by atoms with Crippen molar-refractivity contribution in [3.63, 3.8) is 0 Å². The van der Waals surface area contributed by atoms with Crippen molar-refractivity contribution in [1.29, 1.82) is 0 Å². The number of halogens is 4. The number of carbonyl (C=O) groups is 1. The summed E-state index contributed by atoms with van der Waals surface area (Å²) in [6.07, 6.45) is 0.421. The van der Waals surface area contributed by atoms with E-state index < -0.39 is 27.3 Å². The number of benzene rings is 1. The van der Waals surface area contributed by atoms with Crippen molar-refractivity contribution in [3.05, 3.63) is 35.1 Å². The minimum atomic E-state index is -3.31. The standard InChI is InChI=1S/C22H32F3N3O3S.ClH/c1-3-14-32(30,31)28-12-10-27(11-13-28)21(6-8-22(24,25)9-7-21)16-26-20(29)19-5-4-18(23)15-17(19)2;/h4-5,15H,3,6-14,16H2,1-2H3,(H,26,29);1H. The molecule has 1 aliphatic heterocycles. The van der Waals surface area contributed by atoms with Crippen LogP contribution in [0.4, 0.5) is 13.2 Å². The summed E-state index contributed by atoms with van der Waals surface area (Å²) in [5.41, 5.74) is 0.186. The van der Waals surface area contributed by atoms with Crippen LogP contribution in [0.2, 0.25) is 0 Å². The van der Waals surface area contributed by atoms with E-state index in [1.54, 1.807) is 6.92 Å². The lowest BCUT2D eigenvalue weighted by Crippen LogP contribution is -2.63. The van der Waals surface area contributed by atoms with Crippen molar-refractivity contribution in [2.24, 2.45) is 0 Å². The minimum absolute atomic E-state index is 0. The third-order valence-corrected chi connectivity index (χ3v) is 8.76. The van der Waals surface area contributed by atoms with Crippen LogP contribution in [0.5, 0.6) is 0 Å². The molecule has 0 radical (unpaired) electrons. The number of amides is 1. The summed E-state index contributed by atoms with van der Waals surface area (Å²) in [4.78, 5) is 14.8. The van der Waals surface area contributed by atoms with Crippen LogP contribution in [-0.4, -0.2) is 73.5 Å². The predicted molar refractivity (Wildman–Crippen MR) is 124 cm³/mol. The average Bonchev–Trinajstić information content (AvgIpc) is 2.73.